The Labute approximate surface area is 178 Å². The Hall–Kier alpha value is -3.04. The van der Waals surface area contributed by atoms with Gasteiger partial charge in [-0.2, -0.15) is 0 Å². The van der Waals surface area contributed by atoms with Crippen LogP contribution in [0.25, 0.3) is 5.57 Å². The first kappa shape index (κ1) is 19.0. The summed E-state index contributed by atoms with van der Waals surface area (Å²) in [6.45, 7) is 1.24. The fourth-order valence-electron chi connectivity index (χ4n) is 4.26. The number of cyclic esters (lactones) is 1. The number of nitrogens with one attached hydrogen (secondary N) is 1. The molecule has 3 aliphatic rings. The zero-order valence-electron chi connectivity index (χ0n) is 15.7. The molecule has 1 aromatic carbocycles. The second-order valence-electron chi connectivity index (χ2n) is 7.43. The fraction of sp³-hybridized carbons (Fsp3) is 0.238. The van der Waals surface area contributed by atoms with Gasteiger partial charge in [-0.25, -0.2) is 4.79 Å². The van der Waals surface area contributed by atoms with Crippen molar-refractivity contribution >= 4 is 44.9 Å². The maximum atomic E-state index is 13.2. The zero-order chi connectivity index (χ0) is 21.4. The van der Waals surface area contributed by atoms with E-state index in [1.165, 1.54) is 10.6 Å². The second-order valence-corrected chi connectivity index (χ2v) is 8.35. The van der Waals surface area contributed by atoms with Gasteiger partial charge in [-0.1, -0.05) is 22.9 Å². The van der Waals surface area contributed by atoms with Gasteiger partial charge in [0.25, 0.3) is 11.5 Å². The SMILES string of the molecule is CC[C@@]1(O)C(=O)OCc2c1cc1n(c2=O)C/C(=C2\C(=O)Nc3ccc(Br)cc32)C1=O. The smallest absolute Gasteiger partial charge is 0.343 e. The Morgan fingerprint density at radius 2 is 2.00 bits per heavy atom. The van der Waals surface area contributed by atoms with Crippen LogP contribution in [0.4, 0.5) is 5.69 Å². The van der Waals surface area contributed by atoms with E-state index in [1.807, 2.05) is 0 Å². The Kier molecular flexibility index (Phi) is 3.93. The van der Waals surface area contributed by atoms with Gasteiger partial charge in [-0.15, -0.1) is 0 Å². The minimum absolute atomic E-state index is 0.00628. The number of nitrogens with zero attached hydrogens (tertiary/aromatic N) is 1. The third-order valence-electron chi connectivity index (χ3n) is 5.89. The monoisotopic (exact) mass is 470 g/mol. The first-order valence-corrected chi connectivity index (χ1v) is 10.1. The van der Waals surface area contributed by atoms with Crippen LogP contribution in [0.15, 0.2) is 39.1 Å². The predicted molar refractivity (Wildman–Crippen MR) is 109 cm³/mol. The molecule has 0 saturated heterocycles. The molecule has 3 aliphatic heterocycles. The van der Waals surface area contributed by atoms with Crippen LogP contribution in [-0.4, -0.2) is 27.3 Å². The summed E-state index contributed by atoms with van der Waals surface area (Å²) in [6.07, 6.45) is -0.00628. The summed E-state index contributed by atoms with van der Waals surface area (Å²) in [6, 6.07) is 6.62. The van der Waals surface area contributed by atoms with Crippen LogP contribution in [0.1, 0.15) is 40.5 Å². The molecule has 8 nitrogen and oxygen atoms in total. The van der Waals surface area contributed by atoms with Crippen molar-refractivity contribution in [2.45, 2.75) is 32.1 Å². The van der Waals surface area contributed by atoms with Gasteiger partial charge >= 0.3 is 5.97 Å². The zero-order valence-corrected chi connectivity index (χ0v) is 17.3. The topological polar surface area (TPSA) is 115 Å². The Balaban J connectivity index is 1.73. The molecule has 4 heterocycles. The van der Waals surface area contributed by atoms with E-state index in [9.17, 15) is 24.3 Å². The number of aliphatic hydroxyl groups is 1. The minimum atomic E-state index is -1.99. The number of carbonyl (C=O) groups excluding carboxylic acids is 3. The van der Waals surface area contributed by atoms with Crippen molar-refractivity contribution in [1.29, 1.82) is 0 Å². The van der Waals surface area contributed by atoms with Gasteiger partial charge in [0.15, 0.2) is 5.60 Å². The number of benzene rings is 1. The predicted octanol–water partition coefficient (Wildman–Crippen LogP) is 1.87. The number of allylic oxidation sites excluding steroid dienone is 1. The molecule has 152 valence electrons. The number of ether oxygens (including phenoxy) is 1. The lowest BCUT2D eigenvalue weighted by atomic mass is 9.86. The molecule has 9 heteroatoms. The summed E-state index contributed by atoms with van der Waals surface area (Å²) < 4.78 is 7.02. The number of amides is 1. The van der Waals surface area contributed by atoms with Crippen LogP contribution in [0.5, 0.6) is 0 Å². The number of aromatic nitrogens is 1. The molecule has 0 unspecified atom stereocenters. The number of hydrogen-bond donors (Lipinski definition) is 2. The van der Waals surface area contributed by atoms with E-state index in [1.54, 1.807) is 25.1 Å². The largest absolute Gasteiger partial charge is 0.458 e. The van der Waals surface area contributed by atoms with Crippen LogP contribution in [-0.2, 0) is 33.1 Å². The lowest BCUT2D eigenvalue weighted by Gasteiger charge is -2.31. The van der Waals surface area contributed by atoms with Crippen LogP contribution in [0.2, 0.25) is 0 Å². The molecule has 1 atom stereocenters. The lowest BCUT2D eigenvalue weighted by molar-refractivity contribution is -0.172. The summed E-state index contributed by atoms with van der Waals surface area (Å²) >= 11 is 3.37. The van der Waals surface area contributed by atoms with E-state index in [4.69, 9.17) is 4.74 Å². The van der Waals surface area contributed by atoms with Crippen molar-refractivity contribution in [3.05, 3.63) is 67.0 Å². The van der Waals surface area contributed by atoms with E-state index in [0.29, 0.717) is 11.3 Å². The molecule has 1 amide bonds. The number of anilines is 1. The third kappa shape index (κ3) is 2.36. The van der Waals surface area contributed by atoms with E-state index in [2.05, 4.69) is 21.2 Å². The first-order chi connectivity index (χ1) is 14.3. The number of Topliss-reactive ketones (excluding diaryl/α,β-unsaturated/α-hetero) is 1. The highest BCUT2D eigenvalue weighted by Crippen LogP contribution is 2.40. The normalized spacial score (nSPS) is 24.3. The highest BCUT2D eigenvalue weighted by Gasteiger charge is 2.46. The second kappa shape index (κ2) is 6.23. The van der Waals surface area contributed by atoms with Crippen LogP contribution in [0, 0.1) is 0 Å². The minimum Gasteiger partial charge on any atom is -0.458 e. The molecule has 5 rings (SSSR count). The summed E-state index contributed by atoms with van der Waals surface area (Å²) in [7, 11) is 0. The number of halogens is 1. The molecular weight excluding hydrogens is 456 g/mol. The average molecular weight is 471 g/mol. The van der Waals surface area contributed by atoms with Crippen molar-refractivity contribution < 1.29 is 24.2 Å². The van der Waals surface area contributed by atoms with E-state index < -0.39 is 28.8 Å². The van der Waals surface area contributed by atoms with Gasteiger partial charge in [-0.05, 0) is 30.7 Å². The van der Waals surface area contributed by atoms with Crippen LogP contribution >= 0.6 is 15.9 Å². The van der Waals surface area contributed by atoms with Crippen LogP contribution < -0.4 is 10.9 Å². The van der Waals surface area contributed by atoms with Gasteiger partial charge in [0.1, 0.15) is 6.61 Å². The summed E-state index contributed by atoms with van der Waals surface area (Å²) in [4.78, 5) is 51.1. The maximum Gasteiger partial charge on any atom is 0.343 e. The number of carbonyl (C=O) groups is 3. The lowest BCUT2D eigenvalue weighted by Crippen LogP contribution is -2.44. The number of pyridine rings is 1. The number of ketones is 1. The molecule has 1 aromatic heterocycles. The highest BCUT2D eigenvalue weighted by molar-refractivity contribution is 9.10. The number of esters is 1. The molecule has 2 aromatic rings. The highest BCUT2D eigenvalue weighted by atomic mass is 79.9. The van der Waals surface area contributed by atoms with Gasteiger partial charge in [0, 0.05) is 26.9 Å². The first-order valence-electron chi connectivity index (χ1n) is 9.32. The standard InChI is InChI=1S/C21H15BrN2O6/c1-2-21(29)13-6-15-17(25)11(7-24(15)19(27)12(13)8-30-20(21)28)16-10-5-9(22)3-4-14(10)23-18(16)26/h3-6,29H,2,7-8H2,1H3,(H,23,26)/b16-11+/t21-/m0/s1. The Morgan fingerprint density at radius 1 is 1.23 bits per heavy atom. The summed E-state index contributed by atoms with van der Waals surface area (Å²) in [5.41, 5.74) is -0.658. The van der Waals surface area contributed by atoms with Gasteiger partial charge in [0.05, 0.1) is 23.4 Å². The molecule has 0 saturated carbocycles. The fourth-order valence-corrected chi connectivity index (χ4v) is 4.62. The van der Waals surface area contributed by atoms with Crippen molar-refractivity contribution in [1.82, 2.24) is 4.57 Å². The molecule has 0 fully saturated rings. The van der Waals surface area contributed by atoms with Crippen molar-refractivity contribution in [2.24, 2.45) is 0 Å². The van der Waals surface area contributed by atoms with Crippen molar-refractivity contribution in [3.8, 4) is 0 Å². The Morgan fingerprint density at radius 3 is 2.73 bits per heavy atom. The molecule has 0 radical (unpaired) electrons. The van der Waals surface area contributed by atoms with Gasteiger partial charge in [0.2, 0.25) is 5.78 Å². The van der Waals surface area contributed by atoms with E-state index in [-0.39, 0.29) is 47.5 Å². The van der Waals surface area contributed by atoms with E-state index >= 15 is 0 Å². The van der Waals surface area contributed by atoms with Crippen molar-refractivity contribution in [2.75, 3.05) is 5.32 Å². The van der Waals surface area contributed by atoms with Gasteiger partial charge < -0.3 is 19.7 Å². The molecular formula is C21H15BrN2O6. The number of rotatable bonds is 1. The molecule has 30 heavy (non-hydrogen) atoms. The molecule has 0 spiro atoms. The summed E-state index contributed by atoms with van der Waals surface area (Å²) in [5.74, 6) is -1.74. The van der Waals surface area contributed by atoms with Crippen molar-refractivity contribution in [3.63, 3.8) is 0 Å². The quantitative estimate of drug-likeness (QED) is 0.485. The maximum absolute atomic E-state index is 13.2. The number of hydrogen-bond acceptors (Lipinski definition) is 6. The average Bonchev–Trinajstić information content (AvgIpc) is 3.21. The molecule has 0 aliphatic carbocycles. The van der Waals surface area contributed by atoms with E-state index in [0.717, 1.165) is 4.47 Å². The third-order valence-corrected chi connectivity index (χ3v) is 6.39. The molecule has 2 N–H and O–H groups in total. The number of fused-ring (bicyclic) bond motifs is 3. The summed E-state index contributed by atoms with van der Waals surface area (Å²) in [5, 5.41) is 13.5. The van der Waals surface area contributed by atoms with Crippen LogP contribution in [0.3, 0.4) is 0 Å². The van der Waals surface area contributed by atoms with Gasteiger partial charge in [-0.3, -0.25) is 14.4 Å². The molecule has 0 bridgehead atoms. The Bertz CT molecular complexity index is 1290.